The molecule has 5 heteroatoms. The molecule has 1 atom stereocenters. The number of hydrogen-bond donors (Lipinski definition) is 1. The molecule has 1 aromatic carbocycles. The molecule has 0 aliphatic heterocycles. The second-order valence-corrected chi connectivity index (χ2v) is 4.95. The summed E-state index contributed by atoms with van der Waals surface area (Å²) in [6, 6.07) is 5.74. The first-order valence-electron chi connectivity index (χ1n) is 6.06. The Morgan fingerprint density at radius 1 is 1.47 bits per heavy atom. The van der Waals surface area contributed by atoms with Crippen molar-refractivity contribution in [2.45, 2.75) is 26.6 Å². The lowest BCUT2D eigenvalue weighted by Gasteiger charge is -2.14. The summed E-state index contributed by atoms with van der Waals surface area (Å²) in [5.74, 6) is 1.41. The molecule has 102 valence electrons. The van der Waals surface area contributed by atoms with Gasteiger partial charge in [-0.25, -0.2) is 4.98 Å². The van der Waals surface area contributed by atoms with Crippen LogP contribution in [0, 0.1) is 6.92 Å². The van der Waals surface area contributed by atoms with E-state index in [1.165, 1.54) is 0 Å². The van der Waals surface area contributed by atoms with E-state index in [9.17, 15) is 5.11 Å². The largest absolute Gasteiger partial charge is 0.485 e. The molecular weight excluding hydrogens is 264 g/mol. The van der Waals surface area contributed by atoms with Gasteiger partial charge in [0.1, 0.15) is 23.3 Å². The van der Waals surface area contributed by atoms with Crippen molar-refractivity contribution in [3.05, 3.63) is 46.5 Å². The second-order valence-electron chi connectivity index (χ2n) is 4.56. The highest BCUT2D eigenvalue weighted by Crippen LogP contribution is 2.27. The molecule has 1 aromatic heterocycles. The third kappa shape index (κ3) is 3.08. The topological polar surface area (TPSA) is 47.3 Å². The number of aliphatic hydroxyl groups excluding tert-OH is 1. The van der Waals surface area contributed by atoms with Crippen LogP contribution in [0.5, 0.6) is 5.75 Å². The van der Waals surface area contributed by atoms with Gasteiger partial charge >= 0.3 is 0 Å². The molecule has 0 radical (unpaired) electrons. The summed E-state index contributed by atoms with van der Waals surface area (Å²) >= 11 is 5.92. The Hall–Kier alpha value is -1.52. The van der Waals surface area contributed by atoms with Gasteiger partial charge in [-0.2, -0.15) is 0 Å². The molecule has 0 aliphatic rings. The van der Waals surface area contributed by atoms with Crippen molar-refractivity contribution in [3.8, 4) is 5.75 Å². The van der Waals surface area contributed by atoms with Crippen LogP contribution in [0.1, 0.15) is 30.0 Å². The Labute approximate surface area is 117 Å². The highest BCUT2D eigenvalue weighted by atomic mass is 35.5. The standard InChI is InChI=1S/C14H17ClN2O2/c1-9-4-5-11(10(2)18)12(6-9)19-8-14-16-7-13(15)17(14)3/h4-7,10,18H,8H2,1-3H3. The molecule has 0 aliphatic carbocycles. The lowest BCUT2D eigenvalue weighted by Crippen LogP contribution is -2.06. The van der Waals surface area contributed by atoms with Crippen molar-refractivity contribution in [1.29, 1.82) is 0 Å². The fourth-order valence-corrected chi connectivity index (χ4v) is 1.96. The number of aromatic nitrogens is 2. The Bertz CT molecular complexity index is 579. The molecule has 0 spiro atoms. The number of hydrogen-bond acceptors (Lipinski definition) is 3. The van der Waals surface area contributed by atoms with Gasteiger partial charge in [0.15, 0.2) is 0 Å². The average molecular weight is 281 g/mol. The van der Waals surface area contributed by atoms with Crippen LogP contribution in [0.3, 0.4) is 0 Å². The van der Waals surface area contributed by atoms with Gasteiger partial charge in [0.05, 0.1) is 12.3 Å². The minimum atomic E-state index is -0.569. The molecular formula is C14H17ClN2O2. The van der Waals surface area contributed by atoms with Crippen molar-refractivity contribution < 1.29 is 9.84 Å². The quantitative estimate of drug-likeness (QED) is 0.936. The fourth-order valence-electron chi connectivity index (χ4n) is 1.81. The summed E-state index contributed by atoms with van der Waals surface area (Å²) < 4.78 is 7.52. The molecule has 2 rings (SSSR count). The van der Waals surface area contributed by atoms with E-state index in [0.29, 0.717) is 17.5 Å². The zero-order valence-corrected chi connectivity index (χ0v) is 12.0. The smallest absolute Gasteiger partial charge is 0.147 e. The molecule has 0 bridgehead atoms. The normalized spacial score (nSPS) is 12.5. The van der Waals surface area contributed by atoms with Crippen molar-refractivity contribution in [3.63, 3.8) is 0 Å². The van der Waals surface area contributed by atoms with Gasteiger partial charge in [0.25, 0.3) is 0 Å². The summed E-state index contributed by atoms with van der Waals surface area (Å²) in [4.78, 5) is 4.17. The van der Waals surface area contributed by atoms with Crippen LogP contribution in [0.15, 0.2) is 24.4 Å². The molecule has 19 heavy (non-hydrogen) atoms. The number of aliphatic hydroxyl groups is 1. The third-order valence-electron chi connectivity index (χ3n) is 3.00. The van der Waals surface area contributed by atoms with Crippen LogP contribution in [-0.4, -0.2) is 14.7 Å². The number of imidazole rings is 1. The first-order chi connectivity index (χ1) is 8.99. The van der Waals surface area contributed by atoms with Gasteiger partial charge in [-0.05, 0) is 25.5 Å². The zero-order chi connectivity index (χ0) is 14.0. The van der Waals surface area contributed by atoms with E-state index in [0.717, 1.165) is 17.0 Å². The maximum absolute atomic E-state index is 9.73. The molecule has 0 fully saturated rings. The molecule has 1 unspecified atom stereocenters. The van der Waals surface area contributed by atoms with E-state index >= 15 is 0 Å². The zero-order valence-electron chi connectivity index (χ0n) is 11.2. The Morgan fingerprint density at radius 2 is 2.21 bits per heavy atom. The summed E-state index contributed by atoms with van der Waals surface area (Å²) in [5.41, 5.74) is 1.85. The lowest BCUT2D eigenvalue weighted by molar-refractivity contribution is 0.189. The molecule has 0 saturated carbocycles. The number of aryl methyl sites for hydroxylation is 1. The highest BCUT2D eigenvalue weighted by molar-refractivity contribution is 6.29. The molecule has 1 heterocycles. The van der Waals surface area contributed by atoms with Gasteiger partial charge in [-0.15, -0.1) is 0 Å². The number of halogens is 1. The van der Waals surface area contributed by atoms with Crippen molar-refractivity contribution >= 4 is 11.6 Å². The summed E-state index contributed by atoms with van der Waals surface area (Å²) in [6.45, 7) is 4.01. The summed E-state index contributed by atoms with van der Waals surface area (Å²) in [6.07, 6.45) is 1.02. The van der Waals surface area contributed by atoms with E-state index < -0.39 is 6.10 Å². The number of rotatable bonds is 4. The van der Waals surface area contributed by atoms with Crippen LogP contribution >= 0.6 is 11.6 Å². The van der Waals surface area contributed by atoms with E-state index in [1.54, 1.807) is 17.7 Å². The van der Waals surface area contributed by atoms with E-state index in [2.05, 4.69) is 4.98 Å². The number of nitrogens with zero attached hydrogens (tertiary/aromatic N) is 2. The number of benzene rings is 1. The first-order valence-corrected chi connectivity index (χ1v) is 6.44. The van der Waals surface area contributed by atoms with Gasteiger partial charge in [-0.3, -0.25) is 0 Å². The van der Waals surface area contributed by atoms with Gasteiger partial charge < -0.3 is 14.4 Å². The Kier molecular flexibility index (Phi) is 4.12. The highest BCUT2D eigenvalue weighted by Gasteiger charge is 2.11. The van der Waals surface area contributed by atoms with Crippen molar-refractivity contribution in [2.75, 3.05) is 0 Å². The van der Waals surface area contributed by atoms with E-state index in [4.69, 9.17) is 16.3 Å². The monoisotopic (exact) mass is 280 g/mol. The minimum absolute atomic E-state index is 0.312. The van der Waals surface area contributed by atoms with Crippen molar-refractivity contribution in [2.24, 2.45) is 7.05 Å². The fraction of sp³-hybridized carbons (Fsp3) is 0.357. The molecule has 1 N–H and O–H groups in total. The Balaban J connectivity index is 2.19. The SMILES string of the molecule is Cc1ccc(C(C)O)c(OCc2ncc(Cl)n2C)c1. The summed E-state index contributed by atoms with van der Waals surface area (Å²) in [5, 5.41) is 10.3. The maximum Gasteiger partial charge on any atom is 0.147 e. The predicted octanol–water partition coefficient (Wildman–Crippen LogP) is 3.01. The van der Waals surface area contributed by atoms with Crippen LogP contribution in [0.4, 0.5) is 0 Å². The third-order valence-corrected chi connectivity index (χ3v) is 3.35. The molecule has 0 amide bonds. The number of ether oxygens (including phenoxy) is 1. The molecule has 4 nitrogen and oxygen atoms in total. The molecule has 2 aromatic rings. The maximum atomic E-state index is 9.73. The van der Waals surface area contributed by atoms with E-state index in [1.807, 2.05) is 32.2 Å². The van der Waals surface area contributed by atoms with Crippen molar-refractivity contribution in [1.82, 2.24) is 9.55 Å². The Morgan fingerprint density at radius 3 is 2.79 bits per heavy atom. The predicted molar refractivity (Wildman–Crippen MR) is 74.4 cm³/mol. The van der Waals surface area contributed by atoms with Crippen LogP contribution in [0.25, 0.3) is 0 Å². The average Bonchev–Trinajstić information content (AvgIpc) is 2.67. The lowest BCUT2D eigenvalue weighted by atomic mass is 10.1. The van der Waals surface area contributed by atoms with Gasteiger partial charge in [0.2, 0.25) is 0 Å². The summed E-state index contributed by atoms with van der Waals surface area (Å²) in [7, 11) is 1.83. The minimum Gasteiger partial charge on any atom is -0.485 e. The molecule has 0 saturated heterocycles. The van der Waals surface area contributed by atoms with Crippen LogP contribution < -0.4 is 4.74 Å². The first kappa shape index (κ1) is 13.9. The van der Waals surface area contributed by atoms with Gasteiger partial charge in [0, 0.05) is 12.6 Å². The van der Waals surface area contributed by atoms with Crippen LogP contribution in [-0.2, 0) is 13.7 Å². The van der Waals surface area contributed by atoms with E-state index in [-0.39, 0.29) is 0 Å². The second kappa shape index (κ2) is 5.63. The van der Waals surface area contributed by atoms with Gasteiger partial charge in [-0.1, -0.05) is 23.7 Å². The van der Waals surface area contributed by atoms with Crippen LogP contribution in [0.2, 0.25) is 5.15 Å².